The predicted octanol–water partition coefficient (Wildman–Crippen LogP) is 2.61. The van der Waals surface area contributed by atoms with Crippen LogP contribution in [0.1, 0.15) is 30.0 Å². The summed E-state index contributed by atoms with van der Waals surface area (Å²) in [6.07, 6.45) is 3.24. The quantitative estimate of drug-likeness (QED) is 0.858. The average Bonchev–Trinajstić information content (AvgIpc) is 2.93. The fourth-order valence-corrected chi connectivity index (χ4v) is 2.00. The van der Waals surface area contributed by atoms with Crippen molar-refractivity contribution in [2.45, 2.75) is 26.3 Å². The molecule has 1 amide bonds. The lowest BCUT2D eigenvalue weighted by atomic mass is 10.1. The Kier molecular flexibility index (Phi) is 4.92. The molecule has 0 aliphatic rings. The number of furan rings is 1. The Balaban J connectivity index is 2.07. The van der Waals surface area contributed by atoms with E-state index in [2.05, 4.69) is 15.6 Å². The molecule has 0 saturated carbocycles. The van der Waals surface area contributed by atoms with Gasteiger partial charge in [0.2, 0.25) is 0 Å². The molecule has 2 aromatic heterocycles. The van der Waals surface area contributed by atoms with Crippen molar-refractivity contribution in [1.82, 2.24) is 10.3 Å². The molecule has 0 radical (unpaired) electrons. The maximum atomic E-state index is 13.3. The number of anilines is 1. The topological polar surface area (TPSA) is 67.2 Å². The molecular weight excluding hydrogens is 273 g/mol. The zero-order chi connectivity index (χ0) is 15.2. The first-order valence-electron chi connectivity index (χ1n) is 6.82. The van der Waals surface area contributed by atoms with E-state index in [4.69, 9.17) is 4.42 Å². The molecule has 5 nitrogen and oxygen atoms in total. The van der Waals surface area contributed by atoms with E-state index in [0.717, 1.165) is 12.0 Å². The summed E-state index contributed by atoms with van der Waals surface area (Å²) in [5.41, 5.74) is 0.197. The highest BCUT2D eigenvalue weighted by atomic mass is 19.1. The number of nitrogens with zero attached hydrogens (tertiary/aromatic N) is 1. The Hall–Kier alpha value is -2.37. The Morgan fingerprint density at radius 2 is 2.33 bits per heavy atom. The minimum atomic E-state index is -0.541. The maximum absolute atomic E-state index is 13.3. The van der Waals surface area contributed by atoms with Crippen molar-refractivity contribution < 1.29 is 13.6 Å². The smallest absolute Gasteiger partial charge is 0.255 e. The zero-order valence-corrected chi connectivity index (χ0v) is 12.0. The first kappa shape index (κ1) is 15.0. The van der Waals surface area contributed by atoms with Crippen LogP contribution in [-0.4, -0.2) is 23.5 Å². The summed E-state index contributed by atoms with van der Waals surface area (Å²) in [5.74, 6) is 0.256. The monoisotopic (exact) mass is 291 g/mol. The fourth-order valence-electron chi connectivity index (χ4n) is 2.00. The van der Waals surface area contributed by atoms with Crippen LogP contribution < -0.4 is 10.6 Å². The number of hydrogen-bond donors (Lipinski definition) is 2. The highest BCUT2D eigenvalue weighted by molar-refractivity contribution is 5.98. The lowest BCUT2D eigenvalue weighted by molar-refractivity contribution is 0.0939. The summed E-state index contributed by atoms with van der Waals surface area (Å²) in [6, 6.07) is 4.68. The lowest BCUT2D eigenvalue weighted by Crippen LogP contribution is -2.34. The second-order valence-corrected chi connectivity index (χ2v) is 4.74. The number of amides is 1. The van der Waals surface area contributed by atoms with Crippen molar-refractivity contribution >= 4 is 11.7 Å². The fraction of sp³-hybridized carbons (Fsp3) is 0.333. The van der Waals surface area contributed by atoms with Gasteiger partial charge < -0.3 is 15.1 Å². The Bertz CT molecular complexity index is 599. The van der Waals surface area contributed by atoms with E-state index in [1.54, 1.807) is 12.3 Å². The van der Waals surface area contributed by atoms with Crippen LogP contribution in [-0.2, 0) is 6.42 Å². The van der Waals surface area contributed by atoms with Gasteiger partial charge in [-0.1, -0.05) is 0 Å². The maximum Gasteiger partial charge on any atom is 0.255 e. The van der Waals surface area contributed by atoms with Gasteiger partial charge in [0.05, 0.1) is 18.0 Å². The molecule has 112 valence electrons. The van der Waals surface area contributed by atoms with Gasteiger partial charge in [0.25, 0.3) is 5.91 Å². The summed E-state index contributed by atoms with van der Waals surface area (Å²) in [4.78, 5) is 16.1. The number of hydrogen-bond acceptors (Lipinski definition) is 4. The van der Waals surface area contributed by atoms with Gasteiger partial charge in [-0.05, 0) is 32.0 Å². The highest BCUT2D eigenvalue weighted by Gasteiger charge is 2.16. The van der Waals surface area contributed by atoms with Crippen LogP contribution in [0.25, 0.3) is 0 Å². The molecule has 6 heteroatoms. The van der Waals surface area contributed by atoms with E-state index in [1.807, 2.05) is 19.9 Å². The molecule has 0 aromatic carbocycles. The van der Waals surface area contributed by atoms with Gasteiger partial charge in [-0.3, -0.25) is 4.79 Å². The molecule has 2 N–H and O–H groups in total. The molecule has 21 heavy (non-hydrogen) atoms. The van der Waals surface area contributed by atoms with Crippen molar-refractivity contribution in [3.8, 4) is 0 Å². The minimum absolute atomic E-state index is 0.138. The SMILES string of the molecule is CCNc1ncc(F)cc1C(=O)NC(C)Cc1ccco1. The van der Waals surface area contributed by atoms with Gasteiger partial charge >= 0.3 is 0 Å². The summed E-state index contributed by atoms with van der Waals surface area (Å²) >= 11 is 0. The van der Waals surface area contributed by atoms with Crippen LogP contribution in [0.5, 0.6) is 0 Å². The molecule has 2 aromatic rings. The molecule has 1 unspecified atom stereocenters. The second kappa shape index (κ2) is 6.88. The largest absolute Gasteiger partial charge is 0.469 e. The van der Waals surface area contributed by atoms with Gasteiger partial charge in [0.1, 0.15) is 17.4 Å². The van der Waals surface area contributed by atoms with Gasteiger partial charge in [-0.15, -0.1) is 0 Å². The van der Waals surface area contributed by atoms with Gasteiger partial charge in [-0.2, -0.15) is 0 Å². The minimum Gasteiger partial charge on any atom is -0.469 e. The number of nitrogens with one attached hydrogen (secondary N) is 2. The van der Waals surface area contributed by atoms with Crippen LogP contribution in [0.4, 0.5) is 10.2 Å². The van der Waals surface area contributed by atoms with E-state index < -0.39 is 5.82 Å². The molecule has 2 heterocycles. The van der Waals surface area contributed by atoms with Crippen molar-refractivity contribution in [3.05, 3.63) is 47.8 Å². The van der Waals surface area contributed by atoms with E-state index >= 15 is 0 Å². The molecular formula is C15H18FN3O2. The molecule has 0 aliphatic heterocycles. The van der Waals surface area contributed by atoms with Crippen LogP contribution in [0.15, 0.2) is 35.1 Å². The van der Waals surface area contributed by atoms with Crippen molar-refractivity contribution in [3.63, 3.8) is 0 Å². The Labute approximate surface area is 122 Å². The van der Waals surface area contributed by atoms with Gasteiger partial charge in [0.15, 0.2) is 0 Å². The number of pyridine rings is 1. The van der Waals surface area contributed by atoms with Crippen LogP contribution in [0.2, 0.25) is 0 Å². The highest BCUT2D eigenvalue weighted by Crippen LogP contribution is 2.14. The van der Waals surface area contributed by atoms with E-state index in [1.165, 1.54) is 6.07 Å². The van der Waals surface area contributed by atoms with Crippen LogP contribution in [0, 0.1) is 5.82 Å². The Morgan fingerprint density at radius 3 is 3.00 bits per heavy atom. The summed E-state index contributed by atoms with van der Waals surface area (Å²) in [6.45, 7) is 4.34. The molecule has 0 saturated heterocycles. The van der Waals surface area contributed by atoms with Crippen LogP contribution >= 0.6 is 0 Å². The average molecular weight is 291 g/mol. The third kappa shape index (κ3) is 4.05. The van der Waals surface area contributed by atoms with Crippen LogP contribution in [0.3, 0.4) is 0 Å². The molecule has 0 bridgehead atoms. The first-order valence-corrected chi connectivity index (χ1v) is 6.82. The van der Waals surface area contributed by atoms with Crippen molar-refractivity contribution in [2.24, 2.45) is 0 Å². The molecule has 0 aliphatic carbocycles. The van der Waals surface area contributed by atoms with E-state index in [0.29, 0.717) is 18.8 Å². The zero-order valence-electron chi connectivity index (χ0n) is 12.0. The normalized spacial score (nSPS) is 12.0. The lowest BCUT2D eigenvalue weighted by Gasteiger charge is -2.14. The number of carbonyl (C=O) groups is 1. The number of rotatable bonds is 6. The first-order chi connectivity index (χ1) is 10.1. The third-order valence-corrected chi connectivity index (χ3v) is 2.91. The molecule has 1 atom stereocenters. The number of halogens is 1. The number of carbonyl (C=O) groups excluding carboxylic acids is 1. The second-order valence-electron chi connectivity index (χ2n) is 4.74. The van der Waals surface area contributed by atoms with Gasteiger partial charge in [-0.25, -0.2) is 9.37 Å². The third-order valence-electron chi connectivity index (χ3n) is 2.91. The van der Waals surface area contributed by atoms with Crippen molar-refractivity contribution in [2.75, 3.05) is 11.9 Å². The summed E-state index contributed by atoms with van der Waals surface area (Å²) < 4.78 is 18.5. The van der Waals surface area contributed by atoms with Crippen molar-refractivity contribution in [1.29, 1.82) is 0 Å². The molecule has 2 rings (SSSR count). The Morgan fingerprint density at radius 1 is 1.52 bits per heavy atom. The standard InChI is InChI=1S/C15H18FN3O2/c1-3-17-14-13(8-11(16)9-18-14)15(20)19-10(2)7-12-5-4-6-21-12/h4-6,8-10H,3,7H2,1-2H3,(H,17,18)(H,19,20). The predicted molar refractivity (Wildman–Crippen MR) is 77.7 cm³/mol. The van der Waals surface area contributed by atoms with Gasteiger partial charge in [0, 0.05) is 19.0 Å². The molecule has 0 spiro atoms. The van der Waals surface area contributed by atoms with E-state index in [-0.39, 0.29) is 17.5 Å². The number of aromatic nitrogens is 1. The van der Waals surface area contributed by atoms with E-state index in [9.17, 15) is 9.18 Å². The summed E-state index contributed by atoms with van der Waals surface area (Å²) in [7, 11) is 0. The summed E-state index contributed by atoms with van der Waals surface area (Å²) in [5, 5.41) is 5.76. The molecule has 0 fully saturated rings.